The van der Waals surface area contributed by atoms with E-state index in [-0.39, 0.29) is 18.0 Å². The summed E-state index contributed by atoms with van der Waals surface area (Å²) < 4.78 is 24.0. The molecule has 3 heterocycles. The van der Waals surface area contributed by atoms with Crippen molar-refractivity contribution < 1.29 is 9.13 Å². The van der Waals surface area contributed by atoms with Crippen molar-refractivity contribution >= 4 is 11.0 Å². The Morgan fingerprint density at radius 2 is 2.23 bits per heavy atom. The van der Waals surface area contributed by atoms with Crippen LogP contribution in [0.4, 0.5) is 4.39 Å². The van der Waals surface area contributed by atoms with Gasteiger partial charge < -0.3 is 14.6 Å². The molecule has 1 aliphatic rings. The largest absolute Gasteiger partial charge is 0.372 e. The van der Waals surface area contributed by atoms with Gasteiger partial charge >= 0.3 is 0 Å². The standard InChI is InChI=1S/C19H24FN5O/c1-4-25-16-7-5-6-14(20)18(16)23-17(25)11-21-15-8-9-26-19(15)13-10-22-24(3)12(13)2/h5-7,10,15,19,21H,4,8-9,11H2,1-3H3/t15-,19+/m0/s1. The van der Waals surface area contributed by atoms with E-state index in [1.165, 1.54) is 6.07 Å². The van der Waals surface area contributed by atoms with Gasteiger partial charge in [0.05, 0.1) is 18.3 Å². The number of para-hydroxylation sites is 1. The molecule has 1 aromatic carbocycles. The van der Waals surface area contributed by atoms with E-state index in [1.54, 1.807) is 6.07 Å². The molecule has 0 unspecified atom stereocenters. The molecule has 4 rings (SSSR count). The third-order valence-electron chi connectivity index (χ3n) is 5.32. The first-order valence-corrected chi connectivity index (χ1v) is 9.07. The number of halogens is 1. The predicted octanol–water partition coefficient (Wildman–Crippen LogP) is 2.86. The van der Waals surface area contributed by atoms with Crippen LogP contribution < -0.4 is 5.32 Å². The van der Waals surface area contributed by atoms with Gasteiger partial charge in [-0.1, -0.05) is 6.07 Å². The summed E-state index contributed by atoms with van der Waals surface area (Å²) in [7, 11) is 1.94. The number of ether oxygens (including phenoxy) is 1. The van der Waals surface area contributed by atoms with Crippen molar-refractivity contribution in [2.45, 2.75) is 45.5 Å². The van der Waals surface area contributed by atoms with Crippen molar-refractivity contribution in [2.24, 2.45) is 7.05 Å². The van der Waals surface area contributed by atoms with Crippen LogP contribution in [0.25, 0.3) is 11.0 Å². The summed E-state index contributed by atoms with van der Waals surface area (Å²) in [5, 5.41) is 7.90. The van der Waals surface area contributed by atoms with E-state index in [2.05, 4.69) is 33.8 Å². The highest BCUT2D eigenvalue weighted by atomic mass is 19.1. The molecule has 6 nitrogen and oxygen atoms in total. The second kappa shape index (κ2) is 6.81. The molecule has 138 valence electrons. The Kier molecular flexibility index (Phi) is 4.50. The van der Waals surface area contributed by atoms with Gasteiger partial charge in [0.1, 0.15) is 17.4 Å². The van der Waals surface area contributed by atoms with Crippen LogP contribution >= 0.6 is 0 Å². The highest BCUT2D eigenvalue weighted by Gasteiger charge is 2.32. The van der Waals surface area contributed by atoms with E-state index in [4.69, 9.17) is 4.74 Å². The Bertz CT molecular complexity index is 932. The van der Waals surface area contributed by atoms with Gasteiger partial charge in [0.15, 0.2) is 5.82 Å². The summed E-state index contributed by atoms with van der Waals surface area (Å²) >= 11 is 0. The Morgan fingerprint density at radius 3 is 2.96 bits per heavy atom. The third-order valence-corrected chi connectivity index (χ3v) is 5.32. The molecular weight excluding hydrogens is 333 g/mol. The average molecular weight is 357 g/mol. The zero-order valence-corrected chi connectivity index (χ0v) is 15.4. The molecule has 1 fully saturated rings. The third kappa shape index (κ3) is 2.81. The van der Waals surface area contributed by atoms with Gasteiger partial charge in [-0.3, -0.25) is 4.68 Å². The molecule has 0 saturated carbocycles. The fourth-order valence-corrected chi connectivity index (χ4v) is 3.77. The Morgan fingerprint density at radius 1 is 1.38 bits per heavy atom. The van der Waals surface area contributed by atoms with Gasteiger partial charge in [-0.15, -0.1) is 0 Å². The zero-order valence-electron chi connectivity index (χ0n) is 15.4. The maximum atomic E-state index is 14.1. The van der Waals surface area contributed by atoms with Crippen LogP contribution in [0.3, 0.4) is 0 Å². The lowest BCUT2D eigenvalue weighted by atomic mass is 10.0. The van der Waals surface area contributed by atoms with E-state index in [9.17, 15) is 4.39 Å². The lowest BCUT2D eigenvalue weighted by Gasteiger charge is -2.20. The lowest BCUT2D eigenvalue weighted by Crippen LogP contribution is -2.32. The number of rotatable bonds is 5. The van der Waals surface area contributed by atoms with Crippen molar-refractivity contribution in [1.82, 2.24) is 24.6 Å². The van der Waals surface area contributed by atoms with Crippen LogP contribution in [0, 0.1) is 12.7 Å². The minimum atomic E-state index is -0.274. The fraction of sp³-hybridized carbons (Fsp3) is 0.474. The van der Waals surface area contributed by atoms with E-state index < -0.39 is 0 Å². The predicted molar refractivity (Wildman–Crippen MR) is 97.2 cm³/mol. The number of fused-ring (bicyclic) bond motifs is 1. The van der Waals surface area contributed by atoms with E-state index >= 15 is 0 Å². The summed E-state index contributed by atoms with van der Waals surface area (Å²) in [6.45, 7) is 6.15. The molecule has 26 heavy (non-hydrogen) atoms. The minimum Gasteiger partial charge on any atom is -0.372 e. The quantitative estimate of drug-likeness (QED) is 0.763. The number of aryl methyl sites for hydroxylation is 2. The molecule has 1 saturated heterocycles. The molecule has 1 aliphatic heterocycles. The van der Waals surface area contributed by atoms with Gasteiger partial charge in [-0.05, 0) is 32.4 Å². The molecule has 0 amide bonds. The second-order valence-electron chi connectivity index (χ2n) is 6.76. The highest BCUT2D eigenvalue weighted by Crippen LogP contribution is 2.31. The van der Waals surface area contributed by atoms with Crippen molar-refractivity contribution in [2.75, 3.05) is 6.61 Å². The first-order valence-electron chi connectivity index (χ1n) is 9.07. The van der Waals surface area contributed by atoms with Crippen molar-refractivity contribution in [3.63, 3.8) is 0 Å². The van der Waals surface area contributed by atoms with Crippen LogP contribution in [-0.2, 0) is 24.9 Å². The smallest absolute Gasteiger partial charge is 0.151 e. The topological polar surface area (TPSA) is 56.9 Å². The van der Waals surface area contributed by atoms with Gasteiger partial charge in [-0.25, -0.2) is 9.37 Å². The van der Waals surface area contributed by atoms with Crippen LogP contribution in [0.1, 0.15) is 36.5 Å². The molecule has 0 radical (unpaired) electrons. The molecule has 2 atom stereocenters. The lowest BCUT2D eigenvalue weighted by molar-refractivity contribution is 0.0977. The van der Waals surface area contributed by atoms with E-state index in [0.717, 1.165) is 42.2 Å². The Labute approximate surface area is 152 Å². The fourth-order valence-electron chi connectivity index (χ4n) is 3.77. The summed E-state index contributed by atoms with van der Waals surface area (Å²) in [5.41, 5.74) is 3.52. The van der Waals surface area contributed by atoms with Crippen LogP contribution in [0.15, 0.2) is 24.4 Å². The Hall–Kier alpha value is -2.25. The maximum Gasteiger partial charge on any atom is 0.151 e. The van der Waals surface area contributed by atoms with E-state index in [1.807, 2.05) is 24.0 Å². The summed E-state index contributed by atoms with van der Waals surface area (Å²) in [4.78, 5) is 4.53. The Balaban J connectivity index is 1.56. The SMILES string of the molecule is CCn1c(CN[C@H]2CCO[C@@H]2c2cnn(C)c2C)nc2c(F)cccc21. The highest BCUT2D eigenvalue weighted by molar-refractivity contribution is 5.76. The molecule has 3 aromatic rings. The summed E-state index contributed by atoms with van der Waals surface area (Å²) in [6.07, 6.45) is 2.80. The molecule has 0 aliphatic carbocycles. The van der Waals surface area contributed by atoms with Gasteiger partial charge in [0.25, 0.3) is 0 Å². The molecule has 0 bridgehead atoms. The number of nitrogens with zero attached hydrogens (tertiary/aromatic N) is 4. The minimum absolute atomic E-state index is 0.0140. The number of hydrogen-bond acceptors (Lipinski definition) is 4. The monoisotopic (exact) mass is 357 g/mol. The van der Waals surface area contributed by atoms with Crippen LogP contribution in [0.2, 0.25) is 0 Å². The maximum absolute atomic E-state index is 14.1. The molecule has 1 N–H and O–H groups in total. The van der Waals surface area contributed by atoms with Crippen LogP contribution in [0.5, 0.6) is 0 Å². The molecular formula is C19H24FN5O. The molecule has 7 heteroatoms. The van der Waals surface area contributed by atoms with E-state index in [0.29, 0.717) is 12.1 Å². The molecule has 2 aromatic heterocycles. The number of nitrogens with one attached hydrogen (secondary N) is 1. The number of hydrogen-bond donors (Lipinski definition) is 1. The number of benzene rings is 1. The van der Waals surface area contributed by atoms with Crippen LogP contribution in [-0.4, -0.2) is 32.0 Å². The number of aromatic nitrogens is 4. The normalized spacial score (nSPS) is 20.3. The van der Waals surface area contributed by atoms with Crippen molar-refractivity contribution in [1.29, 1.82) is 0 Å². The first kappa shape index (κ1) is 17.2. The number of imidazole rings is 1. The van der Waals surface area contributed by atoms with Crippen molar-refractivity contribution in [3.8, 4) is 0 Å². The second-order valence-corrected chi connectivity index (χ2v) is 6.76. The zero-order chi connectivity index (χ0) is 18.3. The molecule has 0 spiro atoms. The first-order chi connectivity index (χ1) is 12.6. The van der Waals surface area contributed by atoms with Gasteiger partial charge in [-0.2, -0.15) is 5.10 Å². The van der Waals surface area contributed by atoms with Crippen molar-refractivity contribution in [3.05, 3.63) is 47.3 Å². The average Bonchev–Trinajstić information content (AvgIpc) is 3.32. The summed E-state index contributed by atoms with van der Waals surface area (Å²) in [6, 6.07) is 5.29. The van der Waals surface area contributed by atoms with Gasteiger partial charge in [0.2, 0.25) is 0 Å². The van der Waals surface area contributed by atoms with Gasteiger partial charge in [0, 0.05) is 37.5 Å². The summed E-state index contributed by atoms with van der Waals surface area (Å²) in [5.74, 6) is 0.574.